The van der Waals surface area contributed by atoms with Crippen LogP contribution in [-0.2, 0) is 16.1 Å². The molecule has 1 aromatic carbocycles. The van der Waals surface area contributed by atoms with Gasteiger partial charge in [-0.05, 0) is 12.5 Å². The van der Waals surface area contributed by atoms with Crippen molar-refractivity contribution in [2.45, 2.75) is 25.6 Å². The minimum absolute atomic E-state index is 0. The van der Waals surface area contributed by atoms with Crippen molar-refractivity contribution in [3.63, 3.8) is 0 Å². The third-order valence-electron chi connectivity index (χ3n) is 3.39. The van der Waals surface area contributed by atoms with E-state index in [2.05, 4.69) is 34.5 Å². The van der Waals surface area contributed by atoms with Gasteiger partial charge in [-0.15, -0.1) is 24.8 Å². The molecule has 22 heavy (non-hydrogen) atoms. The topological polar surface area (TPSA) is 67.6 Å². The first kappa shape index (κ1) is 21.1. The van der Waals surface area contributed by atoms with E-state index in [1.165, 1.54) is 5.56 Å². The van der Waals surface area contributed by atoms with E-state index in [4.69, 9.17) is 10.5 Å². The van der Waals surface area contributed by atoms with Gasteiger partial charge in [0.05, 0.1) is 18.8 Å². The van der Waals surface area contributed by atoms with Gasteiger partial charge in [-0.1, -0.05) is 30.3 Å². The molecule has 1 aromatic rings. The summed E-state index contributed by atoms with van der Waals surface area (Å²) < 4.78 is 5.68. The van der Waals surface area contributed by atoms with Crippen LogP contribution in [-0.4, -0.2) is 49.2 Å². The summed E-state index contributed by atoms with van der Waals surface area (Å²) in [5, 5.41) is 2.82. The van der Waals surface area contributed by atoms with Crippen molar-refractivity contribution in [1.29, 1.82) is 0 Å². The Labute approximate surface area is 144 Å². The molecule has 5 nitrogen and oxygen atoms in total. The van der Waals surface area contributed by atoms with Crippen LogP contribution >= 0.6 is 24.8 Å². The number of carbonyl (C=O) groups excluding carboxylic acids is 1. The number of nitrogens with one attached hydrogen (secondary N) is 1. The van der Waals surface area contributed by atoms with Gasteiger partial charge < -0.3 is 15.8 Å². The second-order valence-corrected chi connectivity index (χ2v) is 5.25. The van der Waals surface area contributed by atoms with Gasteiger partial charge in [0, 0.05) is 26.2 Å². The van der Waals surface area contributed by atoms with E-state index in [0.29, 0.717) is 13.2 Å². The van der Waals surface area contributed by atoms with Crippen molar-refractivity contribution in [2.75, 3.05) is 26.2 Å². The zero-order valence-electron chi connectivity index (χ0n) is 12.7. The molecule has 126 valence electrons. The third-order valence-corrected chi connectivity index (χ3v) is 3.39. The molecular weight excluding hydrogens is 325 g/mol. The lowest BCUT2D eigenvalue weighted by atomic mass is 10.2. The lowest BCUT2D eigenvalue weighted by Crippen LogP contribution is -2.49. The van der Waals surface area contributed by atoms with Gasteiger partial charge in [0.1, 0.15) is 0 Å². The van der Waals surface area contributed by atoms with Crippen molar-refractivity contribution in [2.24, 2.45) is 5.73 Å². The van der Waals surface area contributed by atoms with Crippen LogP contribution in [0.25, 0.3) is 0 Å². The van der Waals surface area contributed by atoms with Gasteiger partial charge in [0.15, 0.2) is 0 Å². The van der Waals surface area contributed by atoms with E-state index in [9.17, 15) is 4.79 Å². The van der Waals surface area contributed by atoms with E-state index >= 15 is 0 Å². The molecule has 7 heteroatoms. The summed E-state index contributed by atoms with van der Waals surface area (Å²) in [6.45, 7) is 5.57. The number of ether oxygens (including phenoxy) is 1. The average molecular weight is 350 g/mol. The Balaban J connectivity index is 0.00000220. The smallest absolute Gasteiger partial charge is 0.236 e. The normalized spacial score (nSPS) is 19.5. The van der Waals surface area contributed by atoms with Crippen molar-refractivity contribution in [1.82, 2.24) is 10.2 Å². The van der Waals surface area contributed by atoms with Crippen LogP contribution in [0.3, 0.4) is 0 Å². The minimum Gasteiger partial charge on any atom is -0.374 e. The summed E-state index contributed by atoms with van der Waals surface area (Å²) in [7, 11) is 0. The van der Waals surface area contributed by atoms with Gasteiger partial charge >= 0.3 is 0 Å². The number of hydrogen-bond acceptors (Lipinski definition) is 4. The number of hydrogen-bond donors (Lipinski definition) is 2. The van der Waals surface area contributed by atoms with Crippen LogP contribution in [0.4, 0.5) is 0 Å². The summed E-state index contributed by atoms with van der Waals surface area (Å²) in [6, 6.07) is 9.91. The van der Waals surface area contributed by atoms with Crippen LogP contribution in [0.5, 0.6) is 0 Å². The molecule has 1 unspecified atom stereocenters. The molecule has 1 saturated heterocycles. The second-order valence-electron chi connectivity index (χ2n) is 5.25. The van der Waals surface area contributed by atoms with Gasteiger partial charge in [-0.25, -0.2) is 0 Å². The Morgan fingerprint density at radius 3 is 2.73 bits per heavy atom. The fourth-order valence-corrected chi connectivity index (χ4v) is 2.26. The predicted molar refractivity (Wildman–Crippen MR) is 92.6 cm³/mol. The first-order valence-electron chi connectivity index (χ1n) is 7.06. The van der Waals surface area contributed by atoms with Crippen LogP contribution < -0.4 is 11.1 Å². The second kappa shape index (κ2) is 10.8. The largest absolute Gasteiger partial charge is 0.374 e. The zero-order valence-corrected chi connectivity index (χ0v) is 14.4. The average Bonchev–Trinajstić information content (AvgIpc) is 2.46. The van der Waals surface area contributed by atoms with Gasteiger partial charge in [-0.3, -0.25) is 9.69 Å². The maximum atomic E-state index is 11.5. The predicted octanol–water partition coefficient (Wildman–Crippen LogP) is 1.19. The quantitative estimate of drug-likeness (QED) is 0.837. The molecule has 2 atom stereocenters. The maximum absolute atomic E-state index is 11.5. The molecule has 1 amide bonds. The lowest BCUT2D eigenvalue weighted by molar-refractivity contribution is -0.123. The number of amides is 1. The highest BCUT2D eigenvalue weighted by Gasteiger charge is 2.21. The Morgan fingerprint density at radius 1 is 1.41 bits per heavy atom. The molecule has 3 N–H and O–H groups in total. The fourth-order valence-electron chi connectivity index (χ4n) is 2.26. The van der Waals surface area contributed by atoms with Crippen LogP contribution in [0.15, 0.2) is 30.3 Å². The van der Waals surface area contributed by atoms with Gasteiger partial charge in [-0.2, -0.15) is 0 Å². The van der Waals surface area contributed by atoms with E-state index < -0.39 is 6.04 Å². The van der Waals surface area contributed by atoms with Crippen molar-refractivity contribution < 1.29 is 9.53 Å². The van der Waals surface area contributed by atoms with Gasteiger partial charge in [0.25, 0.3) is 0 Å². The van der Waals surface area contributed by atoms with Crippen LogP contribution in [0.2, 0.25) is 0 Å². The van der Waals surface area contributed by atoms with E-state index in [0.717, 1.165) is 19.6 Å². The highest BCUT2D eigenvalue weighted by Crippen LogP contribution is 2.10. The highest BCUT2D eigenvalue weighted by atomic mass is 35.5. The van der Waals surface area contributed by atoms with Crippen LogP contribution in [0, 0.1) is 0 Å². The fraction of sp³-hybridized carbons (Fsp3) is 0.533. The summed E-state index contributed by atoms with van der Waals surface area (Å²) in [5.41, 5.74) is 6.82. The monoisotopic (exact) mass is 349 g/mol. The summed E-state index contributed by atoms with van der Waals surface area (Å²) in [4.78, 5) is 13.8. The number of nitrogens with zero attached hydrogens (tertiary/aromatic N) is 1. The molecular formula is C15H25Cl2N3O2. The highest BCUT2D eigenvalue weighted by molar-refractivity contribution is 5.85. The maximum Gasteiger partial charge on any atom is 0.236 e. The van der Waals surface area contributed by atoms with E-state index in [-0.39, 0.29) is 36.8 Å². The molecule has 0 radical (unpaired) electrons. The SMILES string of the molecule is C[C@H](N)C(=O)NCC1CN(Cc2ccccc2)CCO1.Cl.Cl. The van der Waals surface area contributed by atoms with Crippen molar-refractivity contribution >= 4 is 30.7 Å². The lowest BCUT2D eigenvalue weighted by Gasteiger charge is -2.33. The van der Waals surface area contributed by atoms with Crippen LogP contribution in [0.1, 0.15) is 12.5 Å². The van der Waals surface area contributed by atoms with Gasteiger partial charge in [0.2, 0.25) is 5.91 Å². The summed E-state index contributed by atoms with van der Waals surface area (Å²) in [6.07, 6.45) is 0.0372. The van der Waals surface area contributed by atoms with E-state index in [1.54, 1.807) is 6.92 Å². The number of carbonyl (C=O) groups is 1. The minimum atomic E-state index is -0.473. The Hall–Kier alpha value is -0.850. The van der Waals surface area contributed by atoms with Crippen molar-refractivity contribution in [3.8, 4) is 0 Å². The number of halogens is 2. The summed E-state index contributed by atoms with van der Waals surface area (Å²) >= 11 is 0. The molecule has 1 aliphatic rings. The molecule has 0 spiro atoms. The molecule has 2 rings (SSSR count). The molecule has 0 saturated carbocycles. The first-order chi connectivity index (χ1) is 9.65. The first-order valence-corrected chi connectivity index (χ1v) is 7.06. The molecule has 0 bridgehead atoms. The molecule has 1 aliphatic heterocycles. The number of benzene rings is 1. The molecule has 1 fully saturated rings. The number of nitrogens with two attached hydrogens (primary N) is 1. The Morgan fingerprint density at radius 2 is 2.09 bits per heavy atom. The standard InChI is InChI=1S/C15H23N3O2.2ClH/c1-12(16)15(19)17-9-14-11-18(7-8-20-14)10-13-5-3-2-4-6-13;;/h2-6,12,14H,7-11,16H2,1H3,(H,17,19);2*1H/t12-,14?;;/m0../s1. The zero-order chi connectivity index (χ0) is 14.4. The van der Waals surface area contributed by atoms with Crippen molar-refractivity contribution in [3.05, 3.63) is 35.9 Å². The number of rotatable bonds is 5. The van der Waals surface area contributed by atoms with E-state index in [1.807, 2.05) is 6.07 Å². The third kappa shape index (κ3) is 6.94. The Kier molecular flexibility index (Phi) is 10.4. The Bertz CT molecular complexity index is 432. The molecule has 0 aromatic heterocycles. The molecule has 1 heterocycles. The summed E-state index contributed by atoms with van der Waals surface area (Å²) in [5.74, 6) is -0.131. The number of morpholine rings is 1. The molecule has 0 aliphatic carbocycles.